The van der Waals surface area contributed by atoms with Crippen LogP contribution in [0.2, 0.25) is 0 Å². The van der Waals surface area contributed by atoms with Crippen LogP contribution in [0, 0.1) is 13.8 Å². The fourth-order valence-corrected chi connectivity index (χ4v) is 4.38. The quantitative estimate of drug-likeness (QED) is 0.713. The standard InChI is InChI=1S/C17H22N6OS/c1-4-15-20-23-16(24)8-13(18-17(23)25-15)9-21-6-5-14(10-21)22-12(3)7-11(2)19-22/h7-8,14H,4-6,9-10H2,1-3H3/t14-/m0/s1. The van der Waals surface area contributed by atoms with Crippen molar-refractivity contribution in [1.29, 1.82) is 0 Å². The summed E-state index contributed by atoms with van der Waals surface area (Å²) < 4.78 is 3.55. The third-order valence-corrected chi connectivity index (χ3v) is 5.72. The fourth-order valence-electron chi connectivity index (χ4n) is 3.52. The molecular weight excluding hydrogens is 336 g/mol. The van der Waals surface area contributed by atoms with Crippen molar-refractivity contribution in [2.45, 2.75) is 46.2 Å². The Morgan fingerprint density at radius 3 is 2.84 bits per heavy atom. The van der Waals surface area contributed by atoms with E-state index in [0.717, 1.165) is 42.3 Å². The number of hydrogen-bond donors (Lipinski definition) is 0. The lowest BCUT2D eigenvalue weighted by Crippen LogP contribution is -2.24. The Balaban J connectivity index is 1.52. The van der Waals surface area contributed by atoms with Gasteiger partial charge in [-0.3, -0.25) is 14.4 Å². The maximum Gasteiger partial charge on any atom is 0.275 e. The van der Waals surface area contributed by atoms with Gasteiger partial charge in [-0.15, -0.1) is 0 Å². The lowest BCUT2D eigenvalue weighted by molar-refractivity contribution is 0.307. The van der Waals surface area contributed by atoms with Gasteiger partial charge in [0, 0.05) is 31.4 Å². The first-order valence-corrected chi connectivity index (χ1v) is 9.49. The normalized spacial score (nSPS) is 18.4. The van der Waals surface area contributed by atoms with E-state index in [4.69, 9.17) is 0 Å². The molecule has 1 aliphatic heterocycles. The van der Waals surface area contributed by atoms with Crippen molar-refractivity contribution in [2.24, 2.45) is 0 Å². The molecule has 0 bridgehead atoms. The molecule has 0 saturated carbocycles. The minimum absolute atomic E-state index is 0.0924. The molecule has 4 heterocycles. The van der Waals surface area contributed by atoms with E-state index in [1.54, 1.807) is 6.07 Å². The summed E-state index contributed by atoms with van der Waals surface area (Å²) in [7, 11) is 0. The van der Waals surface area contributed by atoms with Gasteiger partial charge in [0.1, 0.15) is 5.01 Å². The van der Waals surface area contributed by atoms with Crippen LogP contribution in [0.1, 0.15) is 41.5 Å². The second-order valence-electron chi connectivity index (χ2n) is 6.68. The molecule has 0 N–H and O–H groups in total. The first-order chi connectivity index (χ1) is 12.0. The summed E-state index contributed by atoms with van der Waals surface area (Å²) >= 11 is 1.49. The second-order valence-corrected chi connectivity index (χ2v) is 7.72. The molecule has 0 amide bonds. The summed E-state index contributed by atoms with van der Waals surface area (Å²) in [6, 6.07) is 4.13. The smallest absolute Gasteiger partial charge is 0.275 e. The van der Waals surface area contributed by atoms with Crippen molar-refractivity contribution in [2.75, 3.05) is 13.1 Å². The lowest BCUT2D eigenvalue weighted by Gasteiger charge is -2.16. The maximum absolute atomic E-state index is 12.3. The van der Waals surface area contributed by atoms with Gasteiger partial charge in [0.15, 0.2) is 0 Å². The number of hydrogen-bond acceptors (Lipinski definition) is 6. The van der Waals surface area contributed by atoms with Gasteiger partial charge in [-0.2, -0.15) is 14.7 Å². The monoisotopic (exact) mass is 358 g/mol. The maximum atomic E-state index is 12.3. The zero-order chi connectivity index (χ0) is 17.6. The predicted octanol–water partition coefficient (Wildman–Crippen LogP) is 1.97. The highest BCUT2D eigenvalue weighted by molar-refractivity contribution is 7.16. The van der Waals surface area contributed by atoms with Crippen LogP contribution in [0.3, 0.4) is 0 Å². The molecule has 3 aromatic heterocycles. The van der Waals surface area contributed by atoms with Crippen LogP contribution in [0.15, 0.2) is 16.9 Å². The van der Waals surface area contributed by atoms with Crippen molar-refractivity contribution in [3.8, 4) is 0 Å². The molecule has 4 rings (SSSR count). The number of rotatable bonds is 4. The molecule has 8 heteroatoms. The van der Waals surface area contributed by atoms with E-state index in [0.29, 0.717) is 17.5 Å². The van der Waals surface area contributed by atoms with E-state index in [-0.39, 0.29) is 5.56 Å². The minimum Gasteiger partial charge on any atom is -0.295 e. The Hall–Kier alpha value is -2.06. The Morgan fingerprint density at radius 1 is 1.28 bits per heavy atom. The molecule has 0 unspecified atom stereocenters. The molecule has 1 aliphatic rings. The molecule has 0 aromatic carbocycles. The second kappa shape index (κ2) is 6.34. The topological polar surface area (TPSA) is 68.3 Å². The molecule has 0 radical (unpaired) electrons. The molecular formula is C17H22N6OS. The van der Waals surface area contributed by atoms with E-state index in [9.17, 15) is 4.79 Å². The summed E-state index contributed by atoms with van der Waals surface area (Å²) in [6.07, 6.45) is 1.89. The van der Waals surface area contributed by atoms with Crippen molar-refractivity contribution >= 4 is 16.3 Å². The lowest BCUT2D eigenvalue weighted by atomic mass is 10.2. The molecule has 3 aromatic rings. The van der Waals surface area contributed by atoms with Crippen molar-refractivity contribution in [1.82, 2.24) is 29.3 Å². The van der Waals surface area contributed by atoms with Crippen LogP contribution in [0.5, 0.6) is 0 Å². The number of likely N-dealkylation sites (tertiary alicyclic amines) is 1. The van der Waals surface area contributed by atoms with Crippen LogP contribution in [0.4, 0.5) is 0 Å². The average molecular weight is 358 g/mol. The van der Waals surface area contributed by atoms with Crippen LogP contribution < -0.4 is 5.56 Å². The van der Waals surface area contributed by atoms with Crippen molar-refractivity contribution < 1.29 is 0 Å². The average Bonchev–Trinajstić information content (AvgIpc) is 3.26. The summed E-state index contributed by atoms with van der Waals surface area (Å²) in [4.78, 5) is 19.9. The van der Waals surface area contributed by atoms with E-state index in [1.165, 1.54) is 21.5 Å². The third kappa shape index (κ3) is 3.11. The zero-order valence-electron chi connectivity index (χ0n) is 14.8. The van der Waals surface area contributed by atoms with Gasteiger partial charge in [0.2, 0.25) is 4.96 Å². The Kier molecular flexibility index (Phi) is 4.16. The molecule has 1 fully saturated rings. The zero-order valence-corrected chi connectivity index (χ0v) is 15.6. The summed E-state index contributed by atoms with van der Waals surface area (Å²) in [5.41, 5.74) is 3.00. The van der Waals surface area contributed by atoms with E-state index in [2.05, 4.69) is 37.8 Å². The van der Waals surface area contributed by atoms with Gasteiger partial charge >= 0.3 is 0 Å². The highest BCUT2D eigenvalue weighted by atomic mass is 32.1. The van der Waals surface area contributed by atoms with Crippen molar-refractivity contribution in [3.05, 3.63) is 44.6 Å². The third-order valence-electron chi connectivity index (χ3n) is 4.67. The van der Waals surface area contributed by atoms with Crippen LogP contribution >= 0.6 is 11.3 Å². The fraction of sp³-hybridized carbons (Fsp3) is 0.529. The number of fused-ring (bicyclic) bond motifs is 1. The van der Waals surface area contributed by atoms with Crippen LogP contribution in [0.25, 0.3) is 4.96 Å². The Bertz CT molecular complexity index is 971. The first-order valence-electron chi connectivity index (χ1n) is 8.67. The van der Waals surface area contributed by atoms with E-state index >= 15 is 0 Å². The molecule has 0 spiro atoms. The first kappa shape index (κ1) is 16.4. The molecule has 1 saturated heterocycles. The SMILES string of the molecule is CCc1nn2c(=O)cc(CN3CC[C@H](n4nc(C)cc4C)C3)nc2s1. The van der Waals surface area contributed by atoms with Gasteiger partial charge in [-0.25, -0.2) is 4.98 Å². The van der Waals surface area contributed by atoms with Crippen LogP contribution in [-0.4, -0.2) is 42.4 Å². The molecule has 132 valence electrons. The number of aromatic nitrogens is 5. The van der Waals surface area contributed by atoms with Gasteiger partial charge in [0.25, 0.3) is 5.56 Å². The van der Waals surface area contributed by atoms with E-state index < -0.39 is 0 Å². The van der Waals surface area contributed by atoms with Gasteiger partial charge in [-0.1, -0.05) is 18.3 Å². The largest absolute Gasteiger partial charge is 0.295 e. The van der Waals surface area contributed by atoms with Gasteiger partial charge in [-0.05, 0) is 32.8 Å². The summed E-state index contributed by atoms with van der Waals surface area (Å²) in [5.74, 6) is 0. The summed E-state index contributed by atoms with van der Waals surface area (Å²) in [6.45, 7) is 8.80. The number of nitrogens with zero attached hydrogens (tertiary/aromatic N) is 6. The molecule has 1 atom stereocenters. The molecule has 25 heavy (non-hydrogen) atoms. The Labute approximate surface area is 149 Å². The van der Waals surface area contributed by atoms with Gasteiger partial charge < -0.3 is 0 Å². The molecule has 0 aliphatic carbocycles. The predicted molar refractivity (Wildman–Crippen MR) is 97.1 cm³/mol. The minimum atomic E-state index is -0.0924. The summed E-state index contributed by atoms with van der Waals surface area (Å²) in [5, 5.41) is 9.86. The molecule has 7 nitrogen and oxygen atoms in total. The highest BCUT2D eigenvalue weighted by Crippen LogP contribution is 2.24. The van der Waals surface area contributed by atoms with Crippen LogP contribution in [-0.2, 0) is 13.0 Å². The van der Waals surface area contributed by atoms with E-state index in [1.807, 2.05) is 13.8 Å². The van der Waals surface area contributed by atoms with Gasteiger partial charge in [0.05, 0.1) is 17.4 Å². The number of aryl methyl sites for hydroxylation is 3. The Morgan fingerprint density at radius 2 is 2.12 bits per heavy atom. The highest BCUT2D eigenvalue weighted by Gasteiger charge is 2.26. The van der Waals surface area contributed by atoms with Crippen molar-refractivity contribution in [3.63, 3.8) is 0 Å².